The normalized spacial score (nSPS) is 19.1. The van der Waals surface area contributed by atoms with E-state index in [2.05, 4.69) is 35.1 Å². The molecule has 0 saturated carbocycles. The fraction of sp³-hybridized carbons (Fsp3) is 0.450. The summed E-state index contributed by atoms with van der Waals surface area (Å²) in [5, 5.41) is 4.47. The van der Waals surface area contributed by atoms with E-state index in [0.29, 0.717) is 31.1 Å². The first kappa shape index (κ1) is 20.6. The van der Waals surface area contributed by atoms with E-state index in [0.717, 1.165) is 34.9 Å². The van der Waals surface area contributed by atoms with Crippen LogP contribution in [0.5, 0.6) is 0 Å². The van der Waals surface area contributed by atoms with Crippen molar-refractivity contribution in [2.75, 3.05) is 53.6 Å². The zero-order valence-corrected chi connectivity index (χ0v) is 18.8. The standard InChI is InChI=1S/C20H25N9O2S/c1-12-10-28(8-9-29(12)17-16-18(32-11-22-16)26-19(21)25-17)31-20(30)24-14-4-5-15(23-13(14)2)27-6-3-7-27/h4-5,11-12H,3,6-10H2,1-2H3,(H,24,30)(H2,21,25,26)/t12-/m0/s1. The Hall–Kier alpha value is -3.25. The number of nitrogens with two attached hydrogens (primary N) is 1. The lowest BCUT2D eigenvalue weighted by atomic mass is 10.2. The molecule has 0 aliphatic carbocycles. The second-order valence-corrected chi connectivity index (χ2v) is 8.82. The number of carbonyl (C=O) groups excluding carboxylic acids is 1. The van der Waals surface area contributed by atoms with Gasteiger partial charge in [0, 0.05) is 25.7 Å². The van der Waals surface area contributed by atoms with E-state index in [-0.39, 0.29) is 12.0 Å². The van der Waals surface area contributed by atoms with E-state index in [4.69, 9.17) is 10.6 Å². The fourth-order valence-electron chi connectivity index (χ4n) is 3.94. The van der Waals surface area contributed by atoms with E-state index < -0.39 is 6.09 Å². The van der Waals surface area contributed by atoms with Crippen molar-refractivity contribution in [3.8, 4) is 0 Å². The lowest BCUT2D eigenvalue weighted by Crippen LogP contribution is -2.53. The number of amides is 1. The number of anilines is 4. The highest BCUT2D eigenvalue weighted by atomic mass is 32.1. The number of nitrogens with one attached hydrogen (secondary N) is 1. The van der Waals surface area contributed by atoms with Gasteiger partial charge in [0.1, 0.15) is 11.3 Å². The lowest BCUT2D eigenvalue weighted by molar-refractivity contribution is -0.103. The van der Waals surface area contributed by atoms with Crippen LogP contribution in [-0.4, -0.2) is 69.9 Å². The summed E-state index contributed by atoms with van der Waals surface area (Å²) in [5.74, 6) is 1.89. The van der Waals surface area contributed by atoms with E-state index >= 15 is 0 Å². The Morgan fingerprint density at radius 1 is 1.22 bits per heavy atom. The number of aromatic nitrogens is 4. The van der Waals surface area contributed by atoms with E-state index in [1.807, 2.05) is 26.0 Å². The van der Waals surface area contributed by atoms with Crippen LogP contribution in [-0.2, 0) is 4.84 Å². The van der Waals surface area contributed by atoms with Gasteiger partial charge in [-0.1, -0.05) is 0 Å². The SMILES string of the molecule is Cc1nc(N2CCC2)ccc1NC(=O)ON1CCN(c2nc(N)nc3scnc23)[C@@H](C)C1. The molecule has 168 valence electrons. The molecular weight excluding hydrogens is 430 g/mol. The largest absolute Gasteiger partial charge is 0.430 e. The van der Waals surface area contributed by atoms with Crippen LogP contribution < -0.4 is 20.9 Å². The Morgan fingerprint density at radius 3 is 2.78 bits per heavy atom. The first-order valence-corrected chi connectivity index (χ1v) is 11.5. The zero-order valence-electron chi connectivity index (χ0n) is 18.0. The lowest BCUT2D eigenvalue weighted by Gasteiger charge is -2.39. The number of nitrogens with zero attached hydrogens (tertiary/aromatic N) is 7. The van der Waals surface area contributed by atoms with E-state index in [1.165, 1.54) is 17.8 Å². The fourth-order valence-corrected chi connectivity index (χ4v) is 4.60. The van der Waals surface area contributed by atoms with Crippen molar-refractivity contribution < 1.29 is 9.63 Å². The number of hydroxylamine groups is 2. The van der Waals surface area contributed by atoms with Crippen LogP contribution >= 0.6 is 11.3 Å². The zero-order chi connectivity index (χ0) is 22.2. The number of piperazine rings is 1. The van der Waals surface area contributed by atoms with Gasteiger partial charge in [-0.2, -0.15) is 4.98 Å². The maximum absolute atomic E-state index is 12.5. The number of thiazole rings is 1. The summed E-state index contributed by atoms with van der Waals surface area (Å²) in [6.07, 6.45) is 0.665. The molecule has 2 aliphatic heterocycles. The Labute approximate surface area is 189 Å². The van der Waals surface area contributed by atoms with Gasteiger partial charge in [-0.15, -0.1) is 16.4 Å². The van der Waals surface area contributed by atoms with Crippen LogP contribution in [0.4, 0.5) is 28.1 Å². The summed E-state index contributed by atoms with van der Waals surface area (Å²) in [4.78, 5) is 40.8. The first-order chi connectivity index (χ1) is 15.5. The van der Waals surface area contributed by atoms with Crippen LogP contribution in [0, 0.1) is 6.92 Å². The average Bonchev–Trinajstić information content (AvgIpc) is 3.17. The molecule has 0 unspecified atom stereocenters. The molecule has 2 aliphatic rings. The van der Waals surface area contributed by atoms with Crippen molar-refractivity contribution in [2.45, 2.75) is 26.3 Å². The molecule has 32 heavy (non-hydrogen) atoms. The number of hydrogen-bond acceptors (Lipinski definition) is 11. The number of aryl methyl sites for hydroxylation is 1. The highest BCUT2D eigenvalue weighted by molar-refractivity contribution is 7.16. The smallest absolute Gasteiger partial charge is 0.368 e. The molecule has 3 N–H and O–H groups in total. The van der Waals surface area contributed by atoms with Crippen LogP contribution in [0.15, 0.2) is 17.6 Å². The van der Waals surface area contributed by atoms with Crippen molar-refractivity contribution in [3.63, 3.8) is 0 Å². The summed E-state index contributed by atoms with van der Waals surface area (Å²) in [5.41, 5.74) is 9.78. The monoisotopic (exact) mass is 455 g/mol. The molecule has 11 nitrogen and oxygen atoms in total. The maximum atomic E-state index is 12.5. The van der Waals surface area contributed by atoms with Crippen molar-refractivity contribution in [1.82, 2.24) is 25.0 Å². The number of rotatable bonds is 4. The Morgan fingerprint density at radius 2 is 2.06 bits per heavy atom. The van der Waals surface area contributed by atoms with Crippen molar-refractivity contribution >= 4 is 51.0 Å². The Kier molecular flexibility index (Phi) is 5.39. The summed E-state index contributed by atoms with van der Waals surface area (Å²) in [6, 6.07) is 3.83. The van der Waals surface area contributed by atoms with Gasteiger partial charge < -0.3 is 20.4 Å². The van der Waals surface area contributed by atoms with Crippen LogP contribution in [0.3, 0.4) is 0 Å². The predicted molar refractivity (Wildman–Crippen MR) is 124 cm³/mol. The maximum Gasteiger partial charge on any atom is 0.430 e. The molecule has 5 rings (SSSR count). The van der Waals surface area contributed by atoms with Gasteiger partial charge in [-0.05, 0) is 32.4 Å². The average molecular weight is 456 g/mol. The quantitative estimate of drug-likeness (QED) is 0.605. The molecule has 3 aromatic rings. The first-order valence-electron chi connectivity index (χ1n) is 10.6. The van der Waals surface area contributed by atoms with Crippen LogP contribution in [0.2, 0.25) is 0 Å². The summed E-state index contributed by atoms with van der Waals surface area (Å²) in [6.45, 7) is 7.65. The minimum absolute atomic E-state index is 0.0370. The summed E-state index contributed by atoms with van der Waals surface area (Å²) in [7, 11) is 0. The van der Waals surface area contributed by atoms with Gasteiger partial charge in [0.25, 0.3) is 0 Å². The van der Waals surface area contributed by atoms with Crippen molar-refractivity contribution in [3.05, 3.63) is 23.3 Å². The minimum Gasteiger partial charge on any atom is -0.368 e. The molecule has 2 fully saturated rings. The number of fused-ring (bicyclic) bond motifs is 1. The second kappa shape index (κ2) is 8.36. The molecule has 5 heterocycles. The van der Waals surface area contributed by atoms with Gasteiger partial charge in [-0.25, -0.2) is 19.7 Å². The minimum atomic E-state index is -0.527. The predicted octanol–water partition coefficient (Wildman–Crippen LogP) is 2.26. The number of hydrogen-bond donors (Lipinski definition) is 2. The highest BCUT2D eigenvalue weighted by Gasteiger charge is 2.29. The summed E-state index contributed by atoms with van der Waals surface area (Å²) < 4.78 is 0. The topological polar surface area (TPSA) is 126 Å². The summed E-state index contributed by atoms with van der Waals surface area (Å²) >= 11 is 1.43. The van der Waals surface area contributed by atoms with Crippen LogP contribution in [0.25, 0.3) is 10.3 Å². The van der Waals surface area contributed by atoms with Gasteiger partial charge in [0.05, 0.1) is 30.0 Å². The molecule has 1 atom stereocenters. The second-order valence-electron chi connectivity index (χ2n) is 7.99. The van der Waals surface area contributed by atoms with E-state index in [1.54, 1.807) is 10.6 Å². The molecule has 3 aromatic heterocycles. The molecule has 0 spiro atoms. The van der Waals surface area contributed by atoms with Crippen molar-refractivity contribution in [2.24, 2.45) is 0 Å². The molecule has 12 heteroatoms. The highest BCUT2D eigenvalue weighted by Crippen LogP contribution is 2.29. The molecule has 0 aromatic carbocycles. The molecule has 2 saturated heterocycles. The number of carbonyl (C=O) groups is 1. The van der Waals surface area contributed by atoms with Gasteiger partial charge >= 0.3 is 6.09 Å². The molecule has 0 bridgehead atoms. The molecular formula is C20H25N9O2S. The van der Waals surface area contributed by atoms with Gasteiger partial charge in [-0.3, -0.25) is 5.32 Å². The third-order valence-corrected chi connectivity index (χ3v) is 6.48. The third kappa shape index (κ3) is 3.98. The van der Waals surface area contributed by atoms with E-state index in [9.17, 15) is 4.79 Å². The molecule has 1 amide bonds. The Balaban J connectivity index is 1.20. The number of nitrogen functional groups attached to an aromatic ring is 1. The van der Waals surface area contributed by atoms with Crippen LogP contribution in [0.1, 0.15) is 19.0 Å². The Bertz CT molecular complexity index is 1150. The van der Waals surface area contributed by atoms with Crippen molar-refractivity contribution in [1.29, 1.82) is 0 Å². The van der Waals surface area contributed by atoms with Gasteiger partial charge in [0.2, 0.25) is 5.95 Å². The number of pyridine rings is 1. The van der Waals surface area contributed by atoms with Gasteiger partial charge in [0.15, 0.2) is 10.6 Å². The third-order valence-electron chi connectivity index (χ3n) is 5.76. The molecule has 0 radical (unpaired) electrons.